The van der Waals surface area contributed by atoms with Crippen molar-refractivity contribution in [2.45, 2.75) is 34.1 Å². The first-order valence-electron chi connectivity index (χ1n) is 11.7. The standard InChI is InChI=1S/C27H22N2O2.C3H8.C2H2/c1-17-7-9-19(10-8-17)20-11-13-21(14-12-20)26(28)31-27(29)25-16-15-22(18(2)30)23-5-3-4-6-24(23)25;1-3-2;1-2/h3-16,28-29H,1-2H3;3H2,1-2H3;1-2H. The highest BCUT2D eigenvalue weighted by Gasteiger charge is 2.15. The van der Waals surface area contributed by atoms with E-state index in [1.165, 1.54) is 18.9 Å². The highest BCUT2D eigenvalue weighted by molar-refractivity contribution is 6.15. The molecule has 0 aliphatic heterocycles. The summed E-state index contributed by atoms with van der Waals surface area (Å²) in [6.45, 7) is 7.83. The molecule has 0 atom stereocenters. The van der Waals surface area contributed by atoms with Gasteiger partial charge in [-0.1, -0.05) is 86.5 Å². The zero-order valence-corrected chi connectivity index (χ0v) is 21.3. The van der Waals surface area contributed by atoms with E-state index in [2.05, 4.69) is 57.9 Å². The monoisotopic (exact) mass is 476 g/mol. The Morgan fingerprint density at radius 3 is 1.67 bits per heavy atom. The smallest absolute Gasteiger partial charge is 0.221 e. The molecule has 0 aliphatic carbocycles. The van der Waals surface area contributed by atoms with Gasteiger partial charge in [-0.3, -0.25) is 15.6 Å². The number of carbonyl (C=O) groups excluding carboxylic acids is 1. The summed E-state index contributed by atoms with van der Waals surface area (Å²) in [5, 5.41) is 18.3. The SMILES string of the molecule is C#C.CC(=O)c1ccc(C(=N)OC(=N)c2ccc(-c3ccc(C)cc3)cc2)c2ccccc12.CCC. The number of ketones is 1. The predicted molar refractivity (Wildman–Crippen MR) is 151 cm³/mol. The van der Waals surface area contributed by atoms with Gasteiger partial charge in [0.15, 0.2) is 5.78 Å². The molecule has 0 bridgehead atoms. The summed E-state index contributed by atoms with van der Waals surface area (Å²) in [5.41, 5.74) is 5.10. The molecule has 0 saturated carbocycles. The fourth-order valence-electron chi connectivity index (χ4n) is 3.58. The molecule has 4 aromatic carbocycles. The van der Waals surface area contributed by atoms with E-state index in [1.807, 2.05) is 48.5 Å². The maximum Gasteiger partial charge on any atom is 0.221 e. The molecular formula is C32H32N2O2. The van der Waals surface area contributed by atoms with Gasteiger partial charge in [0.2, 0.25) is 11.8 Å². The Bertz CT molecular complexity index is 1370. The molecular weight excluding hydrogens is 444 g/mol. The molecule has 4 aromatic rings. The fraction of sp³-hybridized carbons (Fsp3) is 0.156. The second-order valence-corrected chi connectivity index (χ2v) is 8.17. The Balaban J connectivity index is 0.000000850. The molecule has 0 spiro atoms. The Kier molecular flexibility index (Phi) is 10.3. The number of benzene rings is 4. The van der Waals surface area contributed by atoms with Crippen molar-refractivity contribution >= 4 is 28.4 Å². The van der Waals surface area contributed by atoms with E-state index in [9.17, 15) is 4.79 Å². The molecule has 0 aliphatic rings. The molecule has 2 N–H and O–H groups in total. The zero-order valence-electron chi connectivity index (χ0n) is 21.3. The second kappa shape index (κ2) is 13.4. The summed E-state index contributed by atoms with van der Waals surface area (Å²) in [7, 11) is 0. The van der Waals surface area contributed by atoms with Crippen LogP contribution in [0.5, 0.6) is 0 Å². The molecule has 0 heterocycles. The van der Waals surface area contributed by atoms with E-state index >= 15 is 0 Å². The average Bonchev–Trinajstić information content (AvgIpc) is 2.90. The fourth-order valence-corrected chi connectivity index (χ4v) is 3.58. The van der Waals surface area contributed by atoms with Gasteiger partial charge in [0.05, 0.1) is 0 Å². The van der Waals surface area contributed by atoms with Crippen LogP contribution in [-0.4, -0.2) is 17.6 Å². The maximum absolute atomic E-state index is 11.9. The minimum Gasteiger partial charge on any atom is -0.421 e. The third-order valence-electron chi connectivity index (χ3n) is 5.28. The van der Waals surface area contributed by atoms with Gasteiger partial charge in [0.25, 0.3) is 0 Å². The first-order chi connectivity index (χ1) is 17.3. The zero-order chi connectivity index (χ0) is 26.7. The third kappa shape index (κ3) is 6.77. The number of ether oxygens (including phenoxy) is 1. The van der Waals surface area contributed by atoms with Gasteiger partial charge in [-0.25, -0.2) is 0 Å². The highest BCUT2D eigenvalue weighted by Crippen LogP contribution is 2.25. The van der Waals surface area contributed by atoms with Gasteiger partial charge in [-0.15, -0.1) is 12.8 Å². The van der Waals surface area contributed by atoms with Gasteiger partial charge in [0.1, 0.15) is 0 Å². The molecule has 0 radical (unpaired) electrons. The minimum absolute atomic E-state index is 0.0309. The lowest BCUT2D eigenvalue weighted by Crippen LogP contribution is -2.13. The summed E-state index contributed by atoms with van der Waals surface area (Å²) in [6.07, 6.45) is 9.25. The van der Waals surface area contributed by atoms with E-state index in [-0.39, 0.29) is 17.6 Å². The second-order valence-electron chi connectivity index (χ2n) is 8.17. The van der Waals surface area contributed by atoms with Crippen LogP contribution in [0.1, 0.15) is 54.2 Å². The van der Waals surface area contributed by atoms with Crippen molar-refractivity contribution in [2.24, 2.45) is 0 Å². The largest absolute Gasteiger partial charge is 0.421 e. The Hall–Kier alpha value is -4.49. The normalized spacial score (nSPS) is 9.72. The number of rotatable bonds is 4. The lowest BCUT2D eigenvalue weighted by molar-refractivity contribution is 0.101. The van der Waals surface area contributed by atoms with Crippen LogP contribution in [0, 0.1) is 30.6 Å². The molecule has 4 nitrogen and oxygen atoms in total. The summed E-state index contributed by atoms with van der Waals surface area (Å²) in [4.78, 5) is 11.9. The number of nitrogens with one attached hydrogen (secondary N) is 2. The van der Waals surface area contributed by atoms with Crippen LogP contribution in [0.2, 0.25) is 0 Å². The van der Waals surface area contributed by atoms with Gasteiger partial charge in [-0.2, -0.15) is 0 Å². The van der Waals surface area contributed by atoms with Crippen molar-refractivity contribution in [3.63, 3.8) is 0 Å². The Morgan fingerprint density at radius 2 is 1.17 bits per heavy atom. The molecule has 0 aromatic heterocycles. The van der Waals surface area contributed by atoms with Crippen LogP contribution in [0.25, 0.3) is 21.9 Å². The Morgan fingerprint density at radius 1 is 0.722 bits per heavy atom. The van der Waals surface area contributed by atoms with Crippen LogP contribution in [0.15, 0.2) is 84.9 Å². The van der Waals surface area contributed by atoms with Crippen molar-refractivity contribution < 1.29 is 9.53 Å². The molecule has 182 valence electrons. The number of Topliss-reactive ketones (excluding diaryl/α,β-unsaturated/α-hetero) is 1. The van der Waals surface area contributed by atoms with Crippen LogP contribution in [0.3, 0.4) is 0 Å². The maximum atomic E-state index is 11.9. The van der Waals surface area contributed by atoms with Crippen molar-refractivity contribution in [1.29, 1.82) is 10.8 Å². The third-order valence-corrected chi connectivity index (χ3v) is 5.28. The van der Waals surface area contributed by atoms with Crippen molar-refractivity contribution in [3.05, 3.63) is 107 Å². The molecule has 4 rings (SSSR count). The van der Waals surface area contributed by atoms with Crippen LogP contribution in [-0.2, 0) is 4.74 Å². The van der Waals surface area contributed by atoms with Gasteiger partial charge < -0.3 is 4.74 Å². The first kappa shape index (κ1) is 27.8. The number of fused-ring (bicyclic) bond motifs is 1. The Labute approximate surface area is 214 Å². The number of carbonyl (C=O) groups is 1. The van der Waals surface area contributed by atoms with E-state index in [0.29, 0.717) is 16.7 Å². The lowest BCUT2D eigenvalue weighted by Gasteiger charge is -2.12. The van der Waals surface area contributed by atoms with Crippen LogP contribution < -0.4 is 0 Å². The molecule has 0 saturated heterocycles. The quantitative estimate of drug-likeness (QED) is 0.135. The van der Waals surface area contributed by atoms with E-state index in [0.717, 1.165) is 21.9 Å². The summed E-state index contributed by atoms with van der Waals surface area (Å²) in [6, 6.07) is 26.6. The molecule has 0 unspecified atom stereocenters. The molecule has 36 heavy (non-hydrogen) atoms. The molecule has 0 amide bonds. The molecule has 0 fully saturated rings. The first-order valence-corrected chi connectivity index (χ1v) is 11.7. The number of hydrogen-bond acceptors (Lipinski definition) is 4. The molecule has 4 heteroatoms. The van der Waals surface area contributed by atoms with Crippen molar-refractivity contribution in [2.75, 3.05) is 0 Å². The van der Waals surface area contributed by atoms with Crippen molar-refractivity contribution in [1.82, 2.24) is 0 Å². The van der Waals surface area contributed by atoms with E-state index in [1.54, 1.807) is 12.1 Å². The van der Waals surface area contributed by atoms with Crippen molar-refractivity contribution in [3.8, 4) is 24.0 Å². The van der Waals surface area contributed by atoms with Crippen LogP contribution >= 0.6 is 0 Å². The van der Waals surface area contributed by atoms with E-state index in [4.69, 9.17) is 15.6 Å². The number of hydrogen-bond donors (Lipinski definition) is 2. The summed E-state index contributed by atoms with van der Waals surface area (Å²) < 4.78 is 5.57. The number of terminal acetylenes is 1. The van der Waals surface area contributed by atoms with E-state index < -0.39 is 0 Å². The van der Waals surface area contributed by atoms with Gasteiger partial charge in [0, 0.05) is 16.7 Å². The summed E-state index contributed by atoms with van der Waals surface area (Å²) in [5.74, 6) is -0.254. The van der Waals surface area contributed by atoms with Crippen LogP contribution in [0.4, 0.5) is 0 Å². The average molecular weight is 477 g/mol. The predicted octanol–water partition coefficient (Wildman–Crippen LogP) is 8.05. The van der Waals surface area contributed by atoms with Gasteiger partial charge in [-0.05, 0) is 60.0 Å². The highest BCUT2D eigenvalue weighted by atomic mass is 16.5. The van der Waals surface area contributed by atoms with Gasteiger partial charge >= 0.3 is 0 Å². The topological polar surface area (TPSA) is 74.0 Å². The number of aryl methyl sites for hydroxylation is 1. The minimum atomic E-state index is -0.126. The lowest BCUT2D eigenvalue weighted by atomic mass is 9.97. The summed E-state index contributed by atoms with van der Waals surface area (Å²) >= 11 is 0.